The Hall–Kier alpha value is -2.75. The van der Waals surface area contributed by atoms with Gasteiger partial charge in [-0.25, -0.2) is 4.79 Å². The lowest BCUT2D eigenvalue weighted by atomic mass is 10.1. The lowest BCUT2D eigenvalue weighted by Crippen LogP contribution is -2.60. The molecule has 1 heterocycles. The second-order valence-corrected chi connectivity index (χ2v) is 5.95. The average molecular weight is 330 g/mol. The van der Waals surface area contributed by atoms with E-state index < -0.39 is 12.1 Å². The SMILES string of the molecule is CCCC1C(=O)NC(C)CN1C(=O)OCc1ccc(C#N)c(N)c1. The van der Waals surface area contributed by atoms with E-state index in [9.17, 15) is 9.59 Å². The maximum Gasteiger partial charge on any atom is 0.410 e. The highest BCUT2D eigenvalue weighted by molar-refractivity contribution is 5.87. The molecule has 1 saturated heterocycles. The van der Waals surface area contributed by atoms with Crippen LogP contribution < -0.4 is 11.1 Å². The summed E-state index contributed by atoms with van der Waals surface area (Å²) < 4.78 is 5.34. The van der Waals surface area contributed by atoms with E-state index in [4.69, 9.17) is 15.7 Å². The molecule has 1 aromatic rings. The smallest absolute Gasteiger partial charge is 0.410 e. The molecule has 7 heteroatoms. The Morgan fingerprint density at radius 3 is 2.92 bits per heavy atom. The summed E-state index contributed by atoms with van der Waals surface area (Å²) in [5.41, 5.74) is 7.18. The Bertz CT molecular complexity index is 668. The summed E-state index contributed by atoms with van der Waals surface area (Å²) in [5, 5.41) is 11.7. The maximum absolute atomic E-state index is 12.4. The van der Waals surface area contributed by atoms with Crippen molar-refractivity contribution in [2.75, 3.05) is 12.3 Å². The van der Waals surface area contributed by atoms with Crippen LogP contribution in [0.2, 0.25) is 0 Å². The van der Waals surface area contributed by atoms with Gasteiger partial charge in [0.25, 0.3) is 0 Å². The van der Waals surface area contributed by atoms with E-state index in [1.165, 1.54) is 4.90 Å². The van der Waals surface area contributed by atoms with Crippen LogP contribution in [0, 0.1) is 11.3 Å². The number of rotatable bonds is 4. The van der Waals surface area contributed by atoms with Crippen LogP contribution in [-0.4, -0.2) is 35.5 Å². The van der Waals surface area contributed by atoms with E-state index in [1.54, 1.807) is 18.2 Å². The summed E-state index contributed by atoms with van der Waals surface area (Å²) >= 11 is 0. The van der Waals surface area contributed by atoms with Crippen LogP contribution in [0.4, 0.5) is 10.5 Å². The van der Waals surface area contributed by atoms with Crippen molar-refractivity contribution in [1.82, 2.24) is 10.2 Å². The third kappa shape index (κ3) is 3.96. The number of nitrogen functional groups attached to an aromatic ring is 1. The molecule has 0 aliphatic carbocycles. The molecule has 2 rings (SSSR count). The molecule has 7 nitrogen and oxygen atoms in total. The number of piperazine rings is 1. The summed E-state index contributed by atoms with van der Waals surface area (Å²) in [6.07, 6.45) is 0.873. The lowest BCUT2D eigenvalue weighted by molar-refractivity contribution is -0.130. The van der Waals surface area contributed by atoms with Crippen molar-refractivity contribution >= 4 is 17.7 Å². The maximum atomic E-state index is 12.4. The molecule has 24 heavy (non-hydrogen) atoms. The van der Waals surface area contributed by atoms with Crippen molar-refractivity contribution in [2.24, 2.45) is 0 Å². The molecule has 0 bridgehead atoms. The molecule has 2 unspecified atom stereocenters. The Labute approximate surface area is 141 Å². The summed E-state index contributed by atoms with van der Waals surface area (Å²) in [6.45, 7) is 4.28. The van der Waals surface area contributed by atoms with Crippen LogP contribution in [0.5, 0.6) is 0 Å². The van der Waals surface area contributed by atoms with E-state index in [2.05, 4.69) is 5.32 Å². The summed E-state index contributed by atoms with van der Waals surface area (Å²) in [6, 6.07) is 6.28. The first-order chi connectivity index (χ1) is 11.5. The van der Waals surface area contributed by atoms with E-state index in [1.807, 2.05) is 19.9 Å². The van der Waals surface area contributed by atoms with Gasteiger partial charge >= 0.3 is 6.09 Å². The van der Waals surface area contributed by atoms with Gasteiger partial charge in [0.1, 0.15) is 18.7 Å². The molecule has 2 amide bonds. The normalized spacial score (nSPS) is 20.2. The third-order valence-corrected chi connectivity index (χ3v) is 3.93. The fourth-order valence-electron chi connectivity index (χ4n) is 2.74. The predicted octanol–water partition coefficient (Wildman–Crippen LogP) is 1.77. The second-order valence-electron chi connectivity index (χ2n) is 5.95. The van der Waals surface area contributed by atoms with Gasteiger partial charge in [0.05, 0.1) is 5.56 Å². The molecule has 3 N–H and O–H groups in total. The van der Waals surface area contributed by atoms with Crippen molar-refractivity contribution in [3.05, 3.63) is 29.3 Å². The number of anilines is 1. The molecule has 0 saturated carbocycles. The molecule has 1 fully saturated rings. The van der Waals surface area contributed by atoms with Crippen molar-refractivity contribution < 1.29 is 14.3 Å². The number of nitrogens with zero attached hydrogens (tertiary/aromatic N) is 2. The van der Waals surface area contributed by atoms with Gasteiger partial charge in [-0.05, 0) is 31.0 Å². The summed E-state index contributed by atoms with van der Waals surface area (Å²) in [4.78, 5) is 26.0. The van der Waals surface area contributed by atoms with Crippen molar-refractivity contribution in [2.45, 2.75) is 45.4 Å². The molecule has 128 valence electrons. The second kappa shape index (κ2) is 7.68. The topological polar surface area (TPSA) is 108 Å². The number of carbonyl (C=O) groups excluding carboxylic acids is 2. The Kier molecular flexibility index (Phi) is 5.64. The van der Waals surface area contributed by atoms with Gasteiger partial charge < -0.3 is 15.8 Å². The average Bonchev–Trinajstić information content (AvgIpc) is 2.55. The molecule has 0 spiro atoms. The highest BCUT2D eigenvalue weighted by Gasteiger charge is 2.36. The fraction of sp³-hybridized carbons (Fsp3) is 0.471. The van der Waals surface area contributed by atoms with E-state index in [-0.39, 0.29) is 18.6 Å². The quantitative estimate of drug-likeness (QED) is 0.818. The standard InChI is InChI=1S/C17H22N4O3/c1-3-4-15-16(22)20-11(2)9-21(15)17(23)24-10-12-5-6-13(8-18)14(19)7-12/h5-7,11,15H,3-4,9-10,19H2,1-2H3,(H,20,22). The first-order valence-electron chi connectivity index (χ1n) is 7.98. The first kappa shape index (κ1) is 17.6. The van der Waals surface area contributed by atoms with Crippen molar-refractivity contribution in [1.29, 1.82) is 5.26 Å². The molecule has 2 atom stereocenters. The number of hydrogen-bond donors (Lipinski definition) is 2. The number of amides is 2. The van der Waals surface area contributed by atoms with E-state index >= 15 is 0 Å². The number of benzene rings is 1. The minimum atomic E-state index is -0.516. The zero-order valence-electron chi connectivity index (χ0n) is 13.9. The number of ether oxygens (including phenoxy) is 1. The van der Waals surface area contributed by atoms with Crippen molar-refractivity contribution in [3.63, 3.8) is 0 Å². The number of nitriles is 1. The molecular formula is C17H22N4O3. The third-order valence-electron chi connectivity index (χ3n) is 3.93. The van der Waals surface area contributed by atoms with Crippen LogP contribution in [0.15, 0.2) is 18.2 Å². The Balaban J connectivity index is 2.03. The number of nitrogens with two attached hydrogens (primary N) is 1. The van der Waals surface area contributed by atoms with Gasteiger partial charge in [0.2, 0.25) is 5.91 Å². The van der Waals surface area contributed by atoms with E-state index in [0.717, 1.165) is 6.42 Å². The van der Waals surface area contributed by atoms with Crippen LogP contribution >= 0.6 is 0 Å². The number of nitrogens with one attached hydrogen (secondary N) is 1. The molecule has 1 aliphatic heterocycles. The monoisotopic (exact) mass is 330 g/mol. The van der Waals surface area contributed by atoms with Crippen LogP contribution in [-0.2, 0) is 16.1 Å². The zero-order valence-corrected chi connectivity index (χ0v) is 13.9. The van der Waals surface area contributed by atoms with Gasteiger partial charge in [-0.1, -0.05) is 19.4 Å². The van der Waals surface area contributed by atoms with Crippen LogP contribution in [0.3, 0.4) is 0 Å². The zero-order chi connectivity index (χ0) is 17.7. The van der Waals surface area contributed by atoms with Crippen LogP contribution in [0.1, 0.15) is 37.8 Å². The minimum absolute atomic E-state index is 0.0418. The highest BCUT2D eigenvalue weighted by atomic mass is 16.6. The number of carbonyl (C=O) groups is 2. The Morgan fingerprint density at radius 1 is 1.54 bits per heavy atom. The molecule has 0 radical (unpaired) electrons. The molecule has 1 aliphatic rings. The summed E-state index contributed by atoms with van der Waals surface area (Å²) in [5.74, 6) is -0.143. The Morgan fingerprint density at radius 2 is 2.29 bits per heavy atom. The van der Waals surface area contributed by atoms with Gasteiger partial charge in [-0.2, -0.15) is 5.26 Å². The van der Waals surface area contributed by atoms with E-state index in [0.29, 0.717) is 29.8 Å². The molecular weight excluding hydrogens is 308 g/mol. The molecule has 1 aromatic carbocycles. The fourth-order valence-corrected chi connectivity index (χ4v) is 2.74. The molecule has 0 aromatic heterocycles. The van der Waals surface area contributed by atoms with Crippen molar-refractivity contribution in [3.8, 4) is 6.07 Å². The predicted molar refractivity (Wildman–Crippen MR) is 88.8 cm³/mol. The first-order valence-corrected chi connectivity index (χ1v) is 7.98. The van der Waals surface area contributed by atoms with Gasteiger partial charge in [0.15, 0.2) is 0 Å². The highest BCUT2D eigenvalue weighted by Crippen LogP contribution is 2.17. The van der Waals surface area contributed by atoms with Crippen LogP contribution in [0.25, 0.3) is 0 Å². The summed E-state index contributed by atoms with van der Waals surface area (Å²) in [7, 11) is 0. The van der Waals surface area contributed by atoms with Gasteiger partial charge in [-0.3, -0.25) is 9.69 Å². The minimum Gasteiger partial charge on any atom is -0.445 e. The number of hydrogen-bond acceptors (Lipinski definition) is 5. The van der Waals surface area contributed by atoms with Gasteiger partial charge in [-0.15, -0.1) is 0 Å². The van der Waals surface area contributed by atoms with Gasteiger partial charge in [0, 0.05) is 18.3 Å². The largest absolute Gasteiger partial charge is 0.445 e. The lowest BCUT2D eigenvalue weighted by Gasteiger charge is -2.37.